The van der Waals surface area contributed by atoms with Gasteiger partial charge in [0.1, 0.15) is 5.75 Å². The van der Waals surface area contributed by atoms with Gasteiger partial charge < -0.3 is 9.84 Å². The van der Waals surface area contributed by atoms with Crippen LogP contribution >= 0.6 is 24.4 Å². The molecule has 1 rings (SSSR count). The zero-order chi connectivity index (χ0) is 19.6. The third-order valence-corrected chi connectivity index (χ3v) is 5.27. The fourth-order valence-electron chi connectivity index (χ4n) is 2.63. The van der Waals surface area contributed by atoms with E-state index in [1.807, 2.05) is 6.07 Å². The highest BCUT2D eigenvalue weighted by atomic mass is 32.2. The van der Waals surface area contributed by atoms with E-state index in [9.17, 15) is 9.90 Å². The molecule has 25 heavy (non-hydrogen) atoms. The summed E-state index contributed by atoms with van der Waals surface area (Å²) in [6.07, 6.45) is 0.641. The SMILES string of the molecule is CC(=O)OCCC(C)(C)c1cc(SC(C)(C)S)cc(C(C)(C)C)c1O. The predicted octanol–water partition coefficient (Wildman–Crippen LogP) is 5.68. The normalized spacial score (nSPS) is 13.0. The summed E-state index contributed by atoms with van der Waals surface area (Å²) in [5.41, 5.74) is 1.30. The molecular weight excluding hydrogens is 352 g/mol. The van der Waals surface area contributed by atoms with Gasteiger partial charge in [-0.2, -0.15) is 12.6 Å². The Kier molecular flexibility index (Phi) is 6.96. The first-order valence-electron chi connectivity index (χ1n) is 8.56. The van der Waals surface area contributed by atoms with Crippen LogP contribution in [0.3, 0.4) is 0 Å². The van der Waals surface area contributed by atoms with Crippen LogP contribution in [0.1, 0.15) is 72.9 Å². The van der Waals surface area contributed by atoms with E-state index in [4.69, 9.17) is 4.74 Å². The van der Waals surface area contributed by atoms with Crippen molar-refractivity contribution >= 4 is 30.4 Å². The second-order valence-electron chi connectivity index (χ2n) is 8.64. The Morgan fingerprint density at radius 1 is 1.12 bits per heavy atom. The van der Waals surface area contributed by atoms with Crippen molar-refractivity contribution in [3.63, 3.8) is 0 Å². The summed E-state index contributed by atoms with van der Waals surface area (Å²) in [5, 5.41) is 11.0. The molecule has 0 saturated carbocycles. The Hall–Kier alpha value is -0.810. The second-order valence-corrected chi connectivity index (χ2v) is 11.8. The Balaban J connectivity index is 3.36. The predicted molar refractivity (Wildman–Crippen MR) is 110 cm³/mol. The van der Waals surface area contributed by atoms with Gasteiger partial charge in [0.2, 0.25) is 0 Å². The maximum atomic E-state index is 11.0. The summed E-state index contributed by atoms with van der Waals surface area (Å²) in [5.74, 6) is 0.0539. The lowest BCUT2D eigenvalue weighted by Crippen LogP contribution is -2.23. The van der Waals surface area contributed by atoms with Crippen molar-refractivity contribution in [2.75, 3.05) is 6.61 Å². The number of rotatable bonds is 6. The lowest BCUT2D eigenvalue weighted by molar-refractivity contribution is -0.141. The lowest BCUT2D eigenvalue weighted by Gasteiger charge is -2.31. The van der Waals surface area contributed by atoms with Crippen LogP contribution in [-0.2, 0) is 20.4 Å². The monoisotopic (exact) mass is 384 g/mol. The average molecular weight is 385 g/mol. The molecule has 0 aliphatic heterocycles. The molecule has 0 aromatic heterocycles. The fraction of sp³-hybridized carbons (Fsp3) is 0.650. The van der Waals surface area contributed by atoms with Crippen LogP contribution in [0.4, 0.5) is 0 Å². The summed E-state index contributed by atoms with van der Waals surface area (Å²) < 4.78 is 4.89. The molecule has 0 radical (unpaired) electrons. The van der Waals surface area contributed by atoms with E-state index < -0.39 is 0 Å². The minimum absolute atomic E-state index is 0.178. The molecule has 5 heteroatoms. The summed E-state index contributed by atoms with van der Waals surface area (Å²) >= 11 is 6.29. The number of aromatic hydroxyl groups is 1. The Morgan fingerprint density at radius 3 is 2.08 bits per heavy atom. The Bertz CT molecular complexity index is 623. The van der Waals surface area contributed by atoms with Crippen LogP contribution in [0.5, 0.6) is 5.75 Å². The van der Waals surface area contributed by atoms with E-state index in [0.717, 1.165) is 16.0 Å². The molecule has 0 fully saturated rings. The molecule has 0 bridgehead atoms. The van der Waals surface area contributed by atoms with Gasteiger partial charge in [0.25, 0.3) is 0 Å². The maximum Gasteiger partial charge on any atom is 0.302 e. The van der Waals surface area contributed by atoms with Crippen LogP contribution in [0.15, 0.2) is 17.0 Å². The van der Waals surface area contributed by atoms with Crippen LogP contribution in [-0.4, -0.2) is 21.8 Å². The Labute approximate surface area is 162 Å². The highest BCUT2D eigenvalue weighted by Gasteiger charge is 2.30. The minimum atomic E-state index is -0.323. The van der Waals surface area contributed by atoms with Crippen LogP contribution < -0.4 is 0 Å². The summed E-state index contributed by atoms with van der Waals surface area (Å²) in [7, 11) is 0. The minimum Gasteiger partial charge on any atom is -0.507 e. The average Bonchev–Trinajstić information content (AvgIpc) is 2.36. The van der Waals surface area contributed by atoms with Gasteiger partial charge in [-0.3, -0.25) is 4.79 Å². The number of carbonyl (C=O) groups is 1. The van der Waals surface area contributed by atoms with E-state index in [1.165, 1.54) is 6.92 Å². The zero-order valence-corrected chi connectivity index (χ0v) is 18.4. The van der Waals surface area contributed by atoms with Gasteiger partial charge in [0, 0.05) is 22.9 Å². The van der Waals surface area contributed by atoms with Gasteiger partial charge in [0.15, 0.2) is 0 Å². The first-order chi connectivity index (χ1) is 11.1. The zero-order valence-electron chi connectivity index (χ0n) is 16.7. The third kappa shape index (κ3) is 6.78. The number of thiol groups is 1. The van der Waals surface area contributed by atoms with Crippen LogP contribution in [0, 0.1) is 0 Å². The van der Waals surface area contributed by atoms with Gasteiger partial charge >= 0.3 is 5.97 Å². The van der Waals surface area contributed by atoms with E-state index >= 15 is 0 Å². The number of phenolic OH excluding ortho intramolecular Hbond substituents is 1. The van der Waals surface area contributed by atoms with E-state index in [-0.39, 0.29) is 20.9 Å². The molecule has 0 atom stereocenters. The lowest BCUT2D eigenvalue weighted by atomic mass is 9.77. The first kappa shape index (κ1) is 22.2. The largest absolute Gasteiger partial charge is 0.507 e. The summed E-state index contributed by atoms with van der Waals surface area (Å²) in [4.78, 5) is 12.1. The van der Waals surface area contributed by atoms with Crippen molar-refractivity contribution in [3.05, 3.63) is 23.3 Å². The van der Waals surface area contributed by atoms with Crippen molar-refractivity contribution in [2.24, 2.45) is 0 Å². The number of thioether (sulfide) groups is 1. The van der Waals surface area contributed by atoms with Crippen molar-refractivity contribution in [1.29, 1.82) is 0 Å². The molecule has 1 aromatic rings. The smallest absolute Gasteiger partial charge is 0.302 e. The number of hydrogen-bond donors (Lipinski definition) is 2. The van der Waals surface area contributed by atoms with Crippen molar-refractivity contribution in [2.45, 2.75) is 81.6 Å². The molecule has 3 nitrogen and oxygen atoms in total. The number of esters is 1. The van der Waals surface area contributed by atoms with Crippen molar-refractivity contribution in [3.8, 4) is 5.75 Å². The molecule has 0 aliphatic rings. The highest BCUT2D eigenvalue weighted by molar-refractivity contribution is 8.11. The second kappa shape index (κ2) is 7.83. The maximum absolute atomic E-state index is 11.0. The molecule has 0 spiro atoms. The van der Waals surface area contributed by atoms with Crippen molar-refractivity contribution in [1.82, 2.24) is 0 Å². The molecule has 142 valence electrons. The quantitative estimate of drug-likeness (QED) is 0.287. The van der Waals surface area contributed by atoms with Gasteiger partial charge in [-0.25, -0.2) is 0 Å². The van der Waals surface area contributed by atoms with Gasteiger partial charge in [0.05, 0.1) is 10.7 Å². The van der Waals surface area contributed by atoms with E-state index in [2.05, 4.69) is 67.2 Å². The third-order valence-electron chi connectivity index (χ3n) is 4.02. The van der Waals surface area contributed by atoms with Crippen molar-refractivity contribution < 1.29 is 14.6 Å². The van der Waals surface area contributed by atoms with Gasteiger partial charge in [-0.1, -0.05) is 34.6 Å². The highest BCUT2D eigenvalue weighted by Crippen LogP contribution is 2.45. The molecule has 0 unspecified atom stereocenters. The van der Waals surface area contributed by atoms with E-state index in [0.29, 0.717) is 18.8 Å². The van der Waals surface area contributed by atoms with Gasteiger partial charge in [-0.05, 0) is 43.2 Å². The molecule has 0 aliphatic carbocycles. The van der Waals surface area contributed by atoms with Crippen LogP contribution in [0.2, 0.25) is 0 Å². The molecule has 0 saturated heterocycles. The summed E-state index contributed by atoms with van der Waals surface area (Å²) in [6, 6.07) is 4.10. The number of ether oxygens (including phenoxy) is 1. The van der Waals surface area contributed by atoms with Gasteiger partial charge in [-0.15, -0.1) is 11.8 Å². The number of hydrogen-bond acceptors (Lipinski definition) is 5. The molecule has 0 amide bonds. The molecular formula is C20H32O3S2. The number of carbonyl (C=O) groups excluding carboxylic acids is 1. The molecule has 0 heterocycles. The first-order valence-corrected chi connectivity index (χ1v) is 9.82. The number of benzene rings is 1. The standard InChI is InChI=1S/C20H32O3S2/c1-13(21)23-10-9-19(5,6)16-12-14(25-20(7,8)24)11-15(17(16)22)18(2,3)4/h11-12,22,24H,9-10H2,1-8H3. The molecule has 1 N–H and O–H groups in total. The topological polar surface area (TPSA) is 46.5 Å². The number of phenols is 1. The molecule has 1 aromatic carbocycles. The summed E-state index contributed by atoms with van der Waals surface area (Å²) in [6.45, 7) is 16.3. The van der Waals surface area contributed by atoms with Crippen LogP contribution in [0.25, 0.3) is 0 Å². The van der Waals surface area contributed by atoms with E-state index in [1.54, 1.807) is 11.8 Å². The fourth-order valence-corrected chi connectivity index (χ4v) is 3.87. The Morgan fingerprint density at radius 2 is 1.64 bits per heavy atom.